The van der Waals surface area contributed by atoms with E-state index >= 15 is 0 Å². The number of halogens is 4. The van der Waals surface area contributed by atoms with Crippen LogP contribution in [0.5, 0.6) is 0 Å². The molecule has 2 nitrogen and oxygen atoms in total. The molecule has 0 unspecified atom stereocenters. The van der Waals surface area contributed by atoms with Gasteiger partial charge in [-0.2, -0.15) is 0 Å². The van der Waals surface area contributed by atoms with E-state index in [4.69, 9.17) is 11.6 Å². The number of hydrogen-bond acceptors (Lipinski definition) is 3. The van der Waals surface area contributed by atoms with Crippen LogP contribution in [0.3, 0.4) is 0 Å². The van der Waals surface area contributed by atoms with Gasteiger partial charge in [-0.05, 0) is 23.7 Å². The molecule has 2 heterocycles. The first-order chi connectivity index (χ1) is 9.06. The number of fused-ring (bicyclic) bond motifs is 1. The zero-order valence-electron chi connectivity index (χ0n) is 9.38. The molecule has 0 radical (unpaired) electrons. The fraction of sp³-hybridized carbons (Fsp3) is 0.167. The minimum atomic E-state index is -1.49. The van der Waals surface area contributed by atoms with Crippen LogP contribution in [0.25, 0.3) is 11.3 Å². The predicted molar refractivity (Wildman–Crippen MR) is 66.8 cm³/mol. The maximum Gasteiger partial charge on any atom is 0.223 e. The summed E-state index contributed by atoms with van der Waals surface area (Å²) in [6.07, 6.45) is 0.724. The van der Waals surface area contributed by atoms with Gasteiger partial charge in [0.2, 0.25) is 5.28 Å². The molecule has 7 heteroatoms. The summed E-state index contributed by atoms with van der Waals surface area (Å²) in [5.74, 6) is -3.18. The average Bonchev–Trinajstić information content (AvgIpc) is 2.82. The maximum atomic E-state index is 13.3. The second-order valence-corrected chi connectivity index (χ2v) is 5.41. The van der Waals surface area contributed by atoms with E-state index in [2.05, 4.69) is 9.97 Å². The number of hydrogen-bond donors (Lipinski definition) is 0. The van der Waals surface area contributed by atoms with Gasteiger partial charge in [-0.3, -0.25) is 0 Å². The smallest absolute Gasteiger partial charge is 0.222 e. The minimum absolute atomic E-state index is 0.0152. The molecular formula is C12H6ClF3N2S. The Labute approximate surface area is 116 Å². The Kier molecular flexibility index (Phi) is 3.14. The summed E-state index contributed by atoms with van der Waals surface area (Å²) >= 11 is 7.29. The van der Waals surface area contributed by atoms with Crippen molar-refractivity contribution < 1.29 is 13.2 Å². The molecule has 0 saturated carbocycles. The predicted octanol–water partition coefficient (Wildman–Crippen LogP) is 3.86. The highest BCUT2D eigenvalue weighted by molar-refractivity contribution is 7.99. The van der Waals surface area contributed by atoms with Crippen molar-refractivity contribution in [2.75, 3.05) is 5.75 Å². The summed E-state index contributed by atoms with van der Waals surface area (Å²) in [5, 5.41) is 0.0152. The van der Waals surface area contributed by atoms with E-state index in [9.17, 15) is 13.2 Å². The van der Waals surface area contributed by atoms with E-state index in [1.165, 1.54) is 11.8 Å². The largest absolute Gasteiger partial charge is 0.223 e. The Morgan fingerprint density at radius 3 is 2.47 bits per heavy atom. The molecule has 1 aromatic heterocycles. The second-order valence-electron chi connectivity index (χ2n) is 3.97. The van der Waals surface area contributed by atoms with Crippen molar-refractivity contribution in [1.82, 2.24) is 9.97 Å². The van der Waals surface area contributed by atoms with Gasteiger partial charge in [0.05, 0.1) is 16.3 Å². The lowest BCUT2D eigenvalue weighted by atomic mass is 10.1. The monoisotopic (exact) mass is 302 g/mol. The molecule has 1 aromatic carbocycles. The third-order valence-electron chi connectivity index (χ3n) is 2.75. The van der Waals surface area contributed by atoms with Crippen LogP contribution in [0.1, 0.15) is 5.69 Å². The summed E-state index contributed by atoms with van der Waals surface area (Å²) < 4.78 is 39.5. The molecule has 0 saturated heterocycles. The van der Waals surface area contributed by atoms with Crippen molar-refractivity contribution in [2.24, 2.45) is 0 Å². The Bertz CT molecular complexity index is 655. The van der Waals surface area contributed by atoms with E-state index in [1.807, 2.05) is 0 Å². The van der Waals surface area contributed by atoms with Crippen LogP contribution >= 0.6 is 23.4 Å². The van der Waals surface area contributed by atoms with Gasteiger partial charge in [0.15, 0.2) is 17.5 Å². The molecule has 0 fully saturated rings. The highest BCUT2D eigenvalue weighted by Gasteiger charge is 2.22. The zero-order chi connectivity index (χ0) is 13.6. The van der Waals surface area contributed by atoms with Gasteiger partial charge in [0.1, 0.15) is 0 Å². The van der Waals surface area contributed by atoms with E-state index < -0.39 is 17.5 Å². The van der Waals surface area contributed by atoms with Gasteiger partial charge in [-0.15, -0.1) is 11.8 Å². The number of nitrogens with zero attached hydrogens (tertiary/aromatic N) is 2. The van der Waals surface area contributed by atoms with Gasteiger partial charge in [-0.25, -0.2) is 23.1 Å². The average molecular weight is 303 g/mol. The van der Waals surface area contributed by atoms with E-state index in [1.54, 1.807) is 0 Å². The van der Waals surface area contributed by atoms with Crippen LogP contribution in [0.2, 0.25) is 5.28 Å². The van der Waals surface area contributed by atoms with Gasteiger partial charge >= 0.3 is 0 Å². The molecule has 2 aromatic rings. The Morgan fingerprint density at radius 1 is 1.11 bits per heavy atom. The van der Waals surface area contributed by atoms with E-state index in [-0.39, 0.29) is 10.8 Å². The van der Waals surface area contributed by atoms with Crippen LogP contribution in [-0.4, -0.2) is 15.7 Å². The first-order valence-corrected chi connectivity index (χ1v) is 6.76. The molecule has 0 aliphatic carbocycles. The summed E-state index contributed by atoms with van der Waals surface area (Å²) in [5.41, 5.74) is 1.26. The Balaban J connectivity index is 2.23. The van der Waals surface area contributed by atoms with Gasteiger partial charge in [-0.1, -0.05) is 0 Å². The Hall–Kier alpha value is -1.27. The normalized spacial score (nSPS) is 13.7. The van der Waals surface area contributed by atoms with Gasteiger partial charge in [0.25, 0.3) is 0 Å². The van der Waals surface area contributed by atoms with Crippen molar-refractivity contribution >= 4 is 23.4 Å². The number of thioether (sulfide) groups is 1. The van der Waals surface area contributed by atoms with Crippen LogP contribution < -0.4 is 0 Å². The zero-order valence-corrected chi connectivity index (χ0v) is 11.0. The summed E-state index contributed by atoms with van der Waals surface area (Å²) in [7, 11) is 0. The summed E-state index contributed by atoms with van der Waals surface area (Å²) in [6, 6.07) is 1.83. The maximum absolute atomic E-state index is 13.3. The molecule has 3 rings (SSSR count). The second kappa shape index (κ2) is 4.68. The summed E-state index contributed by atoms with van der Waals surface area (Å²) in [4.78, 5) is 8.82. The lowest BCUT2D eigenvalue weighted by Crippen LogP contribution is -1.98. The molecule has 98 valence electrons. The standard InChI is InChI=1S/C12H6ClF3N2S/c13-12-17-8-1-2-19-11(8)10(18-12)5-3-6(14)9(16)7(15)4-5/h3-4H,1-2H2. The molecular weight excluding hydrogens is 297 g/mol. The lowest BCUT2D eigenvalue weighted by molar-refractivity contribution is 0.447. The van der Waals surface area contributed by atoms with Crippen molar-refractivity contribution in [3.63, 3.8) is 0 Å². The fourth-order valence-corrected chi connectivity index (χ4v) is 3.23. The molecule has 0 spiro atoms. The molecule has 0 bridgehead atoms. The number of aromatic nitrogens is 2. The van der Waals surface area contributed by atoms with Gasteiger partial charge in [0, 0.05) is 17.7 Å². The first-order valence-electron chi connectivity index (χ1n) is 5.40. The summed E-state index contributed by atoms with van der Waals surface area (Å²) in [6.45, 7) is 0. The third kappa shape index (κ3) is 2.19. The topological polar surface area (TPSA) is 25.8 Å². The number of rotatable bonds is 1. The highest BCUT2D eigenvalue weighted by Crippen LogP contribution is 2.38. The molecule has 1 aliphatic heterocycles. The molecule has 0 atom stereocenters. The number of aryl methyl sites for hydroxylation is 1. The van der Waals surface area contributed by atoms with Gasteiger partial charge < -0.3 is 0 Å². The molecule has 0 amide bonds. The molecule has 1 aliphatic rings. The Morgan fingerprint density at radius 2 is 1.79 bits per heavy atom. The van der Waals surface area contributed by atoms with Crippen LogP contribution in [0.4, 0.5) is 13.2 Å². The van der Waals surface area contributed by atoms with Crippen LogP contribution in [0, 0.1) is 17.5 Å². The quantitative estimate of drug-likeness (QED) is 0.591. The fourth-order valence-electron chi connectivity index (χ4n) is 1.93. The first kappa shape index (κ1) is 12.7. The lowest BCUT2D eigenvalue weighted by Gasteiger charge is -2.08. The number of benzene rings is 1. The molecule has 0 N–H and O–H groups in total. The van der Waals surface area contributed by atoms with Crippen LogP contribution in [0.15, 0.2) is 17.0 Å². The molecule has 19 heavy (non-hydrogen) atoms. The van der Waals surface area contributed by atoms with Crippen molar-refractivity contribution in [2.45, 2.75) is 11.3 Å². The highest BCUT2D eigenvalue weighted by atomic mass is 35.5. The minimum Gasteiger partial charge on any atom is -0.222 e. The third-order valence-corrected chi connectivity index (χ3v) is 4.05. The van der Waals surface area contributed by atoms with Crippen molar-refractivity contribution in [3.05, 3.63) is 40.6 Å². The van der Waals surface area contributed by atoms with Crippen molar-refractivity contribution in [3.8, 4) is 11.3 Å². The van der Waals surface area contributed by atoms with E-state index in [0.29, 0.717) is 5.69 Å². The SMILES string of the molecule is Fc1cc(-c2nc(Cl)nc3c2SCC3)cc(F)c1F. The van der Waals surface area contributed by atoms with Crippen molar-refractivity contribution in [1.29, 1.82) is 0 Å². The van der Waals surface area contributed by atoms with Crippen LogP contribution in [-0.2, 0) is 6.42 Å². The van der Waals surface area contributed by atoms with E-state index in [0.717, 1.165) is 34.9 Å².